The van der Waals surface area contributed by atoms with Crippen LogP contribution in [0, 0.1) is 4.78 Å². The summed E-state index contributed by atoms with van der Waals surface area (Å²) < 4.78 is 36.0. The lowest BCUT2D eigenvalue weighted by atomic mass is 10.3. The van der Waals surface area contributed by atoms with Gasteiger partial charge in [-0.1, -0.05) is 72.8 Å². The van der Waals surface area contributed by atoms with E-state index >= 15 is 0 Å². The van der Waals surface area contributed by atoms with Gasteiger partial charge in [0.2, 0.25) is 0 Å². The SMILES string of the molecule is CC(C)(C)S(=N)(=O)c1ccccc1P(=O)(c1ccccc1)c1ccccc1. The van der Waals surface area contributed by atoms with Gasteiger partial charge in [-0.2, -0.15) is 0 Å². The van der Waals surface area contributed by atoms with E-state index in [0.29, 0.717) is 20.8 Å². The minimum absolute atomic E-state index is 0.355. The lowest BCUT2D eigenvalue weighted by Crippen LogP contribution is -2.34. The third kappa shape index (κ3) is 3.40. The largest absolute Gasteiger partial charge is 0.309 e. The highest BCUT2D eigenvalue weighted by Crippen LogP contribution is 2.45. The molecule has 3 aromatic rings. The van der Waals surface area contributed by atoms with Crippen LogP contribution in [0.15, 0.2) is 89.8 Å². The van der Waals surface area contributed by atoms with E-state index in [4.69, 9.17) is 4.78 Å². The van der Waals surface area contributed by atoms with Gasteiger partial charge in [-0.15, -0.1) is 0 Å². The van der Waals surface area contributed by atoms with Gasteiger partial charge < -0.3 is 4.57 Å². The minimum atomic E-state index is -3.28. The summed E-state index contributed by atoms with van der Waals surface area (Å²) >= 11 is 0. The average Bonchev–Trinajstić information content (AvgIpc) is 2.68. The fraction of sp³-hybridized carbons (Fsp3) is 0.182. The molecule has 0 heterocycles. The normalized spacial score (nSPS) is 14.5. The molecule has 0 saturated carbocycles. The monoisotopic (exact) mass is 397 g/mol. The van der Waals surface area contributed by atoms with Crippen LogP contribution < -0.4 is 15.9 Å². The van der Waals surface area contributed by atoms with Crippen LogP contribution in [0.3, 0.4) is 0 Å². The topological polar surface area (TPSA) is 58.0 Å². The van der Waals surface area contributed by atoms with Gasteiger partial charge in [0.25, 0.3) is 0 Å². The van der Waals surface area contributed by atoms with Crippen molar-refractivity contribution in [1.82, 2.24) is 0 Å². The summed E-state index contributed by atoms with van der Waals surface area (Å²) in [5, 5.41) is 1.83. The molecular formula is C22H24NO2PS. The van der Waals surface area contributed by atoms with Crippen LogP contribution >= 0.6 is 7.14 Å². The molecule has 27 heavy (non-hydrogen) atoms. The van der Waals surface area contributed by atoms with Crippen LogP contribution in [-0.4, -0.2) is 8.96 Å². The van der Waals surface area contributed by atoms with Gasteiger partial charge in [0.05, 0.1) is 14.6 Å². The van der Waals surface area contributed by atoms with E-state index in [1.165, 1.54) is 0 Å². The van der Waals surface area contributed by atoms with Gasteiger partial charge in [0.15, 0.2) is 7.14 Å². The zero-order chi connectivity index (χ0) is 19.7. The second-order valence-electron chi connectivity index (χ2n) is 7.42. The Balaban J connectivity index is 2.40. The number of nitrogens with one attached hydrogen (secondary N) is 1. The van der Waals surface area contributed by atoms with Crippen LogP contribution in [-0.2, 0) is 14.3 Å². The van der Waals surface area contributed by atoms with E-state index in [-0.39, 0.29) is 0 Å². The number of benzene rings is 3. The maximum atomic E-state index is 14.6. The molecule has 5 heteroatoms. The molecule has 0 spiro atoms. The van der Waals surface area contributed by atoms with Crippen molar-refractivity contribution in [3.8, 4) is 0 Å². The molecule has 0 bridgehead atoms. The highest BCUT2D eigenvalue weighted by atomic mass is 32.2. The molecule has 3 nitrogen and oxygen atoms in total. The van der Waals surface area contributed by atoms with E-state index in [0.717, 1.165) is 0 Å². The van der Waals surface area contributed by atoms with E-state index in [1.807, 2.05) is 60.7 Å². The highest BCUT2D eigenvalue weighted by Gasteiger charge is 2.37. The molecule has 0 aliphatic heterocycles. The Morgan fingerprint density at radius 2 is 1.15 bits per heavy atom. The lowest BCUT2D eigenvalue weighted by Gasteiger charge is -2.28. The first-order valence-corrected chi connectivity index (χ1v) is 12.0. The molecule has 3 aromatic carbocycles. The molecule has 0 fully saturated rings. The Hall–Kier alpha value is -2.16. The predicted molar refractivity (Wildman–Crippen MR) is 115 cm³/mol. The Labute approximate surface area is 161 Å². The van der Waals surface area contributed by atoms with Gasteiger partial charge in [-0.25, -0.2) is 8.99 Å². The van der Waals surface area contributed by atoms with Gasteiger partial charge in [-0.3, -0.25) is 0 Å². The quantitative estimate of drug-likeness (QED) is 0.658. The molecule has 0 radical (unpaired) electrons. The average molecular weight is 397 g/mol. The maximum absolute atomic E-state index is 14.6. The Morgan fingerprint density at radius 3 is 1.59 bits per heavy atom. The molecule has 1 unspecified atom stereocenters. The van der Waals surface area contributed by atoms with Crippen LogP contribution in [0.5, 0.6) is 0 Å². The van der Waals surface area contributed by atoms with Gasteiger partial charge in [0, 0.05) is 20.7 Å². The first-order valence-electron chi connectivity index (χ1n) is 8.78. The Bertz CT molecular complexity index is 1040. The number of hydrogen-bond donors (Lipinski definition) is 1. The van der Waals surface area contributed by atoms with E-state index < -0.39 is 21.6 Å². The van der Waals surface area contributed by atoms with Gasteiger partial charge in [0.1, 0.15) is 0 Å². The van der Waals surface area contributed by atoms with E-state index in [2.05, 4.69) is 0 Å². The van der Waals surface area contributed by atoms with Crippen molar-refractivity contribution >= 4 is 32.8 Å². The molecule has 0 saturated heterocycles. The molecule has 140 valence electrons. The van der Waals surface area contributed by atoms with Crippen molar-refractivity contribution in [3.05, 3.63) is 84.9 Å². The predicted octanol–water partition coefficient (Wildman–Crippen LogP) is 4.53. The first-order chi connectivity index (χ1) is 12.7. The van der Waals surface area contributed by atoms with Crippen LogP contribution in [0.4, 0.5) is 0 Å². The maximum Gasteiger partial charge on any atom is 0.172 e. The highest BCUT2D eigenvalue weighted by molar-refractivity contribution is 7.95. The summed E-state index contributed by atoms with van der Waals surface area (Å²) in [6.45, 7) is 5.36. The van der Waals surface area contributed by atoms with Crippen molar-refractivity contribution < 1.29 is 8.77 Å². The van der Waals surface area contributed by atoms with Crippen molar-refractivity contribution in [2.24, 2.45) is 0 Å². The van der Waals surface area contributed by atoms with Crippen molar-refractivity contribution in [1.29, 1.82) is 4.78 Å². The second-order valence-corrected chi connectivity index (χ2v) is 12.9. The fourth-order valence-electron chi connectivity index (χ4n) is 2.99. The number of rotatable bonds is 4. The summed E-state index contributed by atoms with van der Waals surface area (Å²) in [4.78, 5) is 0.355. The van der Waals surface area contributed by atoms with Gasteiger partial charge >= 0.3 is 0 Å². The van der Waals surface area contributed by atoms with Crippen LogP contribution in [0.25, 0.3) is 0 Å². The van der Waals surface area contributed by atoms with Crippen molar-refractivity contribution in [2.75, 3.05) is 0 Å². The Kier molecular flexibility index (Phi) is 5.16. The molecule has 0 amide bonds. The summed E-state index contributed by atoms with van der Waals surface area (Å²) in [5.74, 6) is 0. The smallest absolute Gasteiger partial charge is 0.172 e. The molecule has 1 N–H and O–H groups in total. The molecule has 0 aliphatic carbocycles. The third-order valence-electron chi connectivity index (χ3n) is 4.62. The lowest BCUT2D eigenvalue weighted by molar-refractivity contribution is 0.592. The fourth-order valence-corrected chi connectivity index (χ4v) is 7.78. The van der Waals surface area contributed by atoms with E-state index in [1.54, 1.807) is 45.0 Å². The van der Waals surface area contributed by atoms with Gasteiger partial charge in [-0.05, 0) is 32.9 Å². The molecule has 1 atom stereocenters. The minimum Gasteiger partial charge on any atom is -0.309 e. The summed E-state index contributed by atoms with van der Waals surface area (Å²) in [7, 11) is -6.46. The summed E-state index contributed by atoms with van der Waals surface area (Å²) in [6.07, 6.45) is 0. The number of hydrogen-bond acceptors (Lipinski definition) is 3. The molecule has 3 rings (SSSR count). The third-order valence-corrected chi connectivity index (χ3v) is 10.6. The van der Waals surface area contributed by atoms with E-state index in [9.17, 15) is 8.77 Å². The summed E-state index contributed by atoms with van der Waals surface area (Å²) in [5.41, 5.74) is 0. The van der Waals surface area contributed by atoms with Crippen molar-refractivity contribution in [3.63, 3.8) is 0 Å². The van der Waals surface area contributed by atoms with Crippen molar-refractivity contribution in [2.45, 2.75) is 30.4 Å². The van der Waals surface area contributed by atoms with Crippen LogP contribution in [0.2, 0.25) is 0 Å². The molecule has 0 aliphatic rings. The molecular weight excluding hydrogens is 373 g/mol. The first kappa shape index (κ1) is 19.6. The molecule has 0 aromatic heterocycles. The zero-order valence-electron chi connectivity index (χ0n) is 15.8. The Morgan fingerprint density at radius 1 is 0.741 bits per heavy atom. The second kappa shape index (κ2) is 7.10. The van der Waals surface area contributed by atoms with Crippen LogP contribution in [0.1, 0.15) is 20.8 Å². The standard InChI is InChI=1S/C22H24NO2PS/c1-22(2,3)27(23,25)21-17-11-10-16-20(21)26(24,18-12-6-4-7-13-18)19-14-8-5-9-15-19/h4-17,23H,1-3H3. The summed E-state index contributed by atoms with van der Waals surface area (Å²) in [6, 6.07) is 25.6. The zero-order valence-corrected chi connectivity index (χ0v) is 17.5.